The third-order valence-electron chi connectivity index (χ3n) is 1.79. The molecule has 0 aromatic rings. The summed E-state index contributed by atoms with van der Waals surface area (Å²) in [4.78, 5) is 15.1. The van der Waals surface area contributed by atoms with Crippen molar-refractivity contribution in [1.82, 2.24) is 10.8 Å². The Hall–Kier alpha value is -0.820. The number of halogens is 3. The van der Waals surface area contributed by atoms with E-state index in [1.54, 1.807) is 5.48 Å². The number of alkyl halides is 3. The van der Waals surface area contributed by atoms with Crippen LogP contribution in [0.25, 0.3) is 0 Å². The lowest BCUT2D eigenvalue weighted by molar-refractivity contribution is -0.192. The van der Waals surface area contributed by atoms with Gasteiger partial charge in [-0.15, -0.1) is 0 Å². The summed E-state index contributed by atoms with van der Waals surface area (Å²) in [6, 6.07) is -0.428. The molecule has 0 unspecified atom stereocenters. The Morgan fingerprint density at radius 2 is 2.29 bits per heavy atom. The monoisotopic (exact) mass is 212 g/mol. The molecular formula is C7H11F3N2O2. The summed E-state index contributed by atoms with van der Waals surface area (Å²) in [6.07, 6.45) is -2.95. The SMILES string of the molecule is O=C(NOCC(F)(F)F)[C@H]1CCCN1. The Morgan fingerprint density at radius 3 is 2.79 bits per heavy atom. The summed E-state index contributed by atoms with van der Waals surface area (Å²) in [6.45, 7) is -0.761. The van der Waals surface area contributed by atoms with Crippen LogP contribution in [0.2, 0.25) is 0 Å². The van der Waals surface area contributed by atoms with E-state index in [2.05, 4.69) is 10.2 Å². The van der Waals surface area contributed by atoms with Crippen LogP contribution in [0.3, 0.4) is 0 Å². The zero-order valence-corrected chi connectivity index (χ0v) is 7.36. The van der Waals surface area contributed by atoms with E-state index in [9.17, 15) is 18.0 Å². The van der Waals surface area contributed by atoms with E-state index in [-0.39, 0.29) is 0 Å². The highest BCUT2D eigenvalue weighted by molar-refractivity contribution is 5.80. The van der Waals surface area contributed by atoms with Gasteiger partial charge in [-0.1, -0.05) is 0 Å². The third kappa shape index (κ3) is 3.93. The fraction of sp³-hybridized carbons (Fsp3) is 0.857. The van der Waals surface area contributed by atoms with Gasteiger partial charge in [0.2, 0.25) is 0 Å². The van der Waals surface area contributed by atoms with E-state index in [1.165, 1.54) is 0 Å². The van der Waals surface area contributed by atoms with Crippen molar-refractivity contribution in [3.05, 3.63) is 0 Å². The Labute approximate surface area is 78.7 Å². The second kappa shape index (κ2) is 4.61. The van der Waals surface area contributed by atoms with Gasteiger partial charge >= 0.3 is 6.18 Å². The lowest BCUT2D eigenvalue weighted by Gasteiger charge is -2.11. The first-order valence-electron chi connectivity index (χ1n) is 4.21. The maximum Gasteiger partial charge on any atom is 0.414 e. The molecule has 1 rings (SSSR count). The predicted octanol–water partition coefficient (Wildman–Crippen LogP) is 0.348. The molecule has 0 aromatic heterocycles. The number of hydroxylamine groups is 1. The largest absolute Gasteiger partial charge is 0.414 e. The van der Waals surface area contributed by atoms with Gasteiger partial charge in [0.15, 0.2) is 6.61 Å². The first-order chi connectivity index (χ1) is 6.49. The van der Waals surface area contributed by atoms with Gasteiger partial charge in [-0.05, 0) is 19.4 Å². The van der Waals surface area contributed by atoms with E-state index in [4.69, 9.17) is 0 Å². The van der Waals surface area contributed by atoms with Crippen molar-refractivity contribution in [1.29, 1.82) is 0 Å². The molecule has 1 heterocycles. The molecule has 2 N–H and O–H groups in total. The lowest BCUT2D eigenvalue weighted by atomic mass is 10.2. The molecule has 0 spiro atoms. The average molecular weight is 212 g/mol. The zero-order chi connectivity index (χ0) is 10.6. The third-order valence-corrected chi connectivity index (χ3v) is 1.79. The minimum atomic E-state index is -4.42. The molecule has 0 radical (unpaired) electrons. The molecule has 7 heteroatoms. The summed E-state index contributed by atoms with van der Waals surface area (Å²) in [5.74, 6) is -0.549. The van der Waals surface area contributed by atoms with Gasteiger partial charge in [-0.25, -0.2) is 5.48 Å². The van der Waals surface area contributed by atoms with E-state index in [0.717, 1.165) is 6.42 Å². The Kier molecular flexibility index (Phi) is 3.70. The second-order valence-corrected chi connectivity index (χ2v) is 3.02. The van der Waals surface area contributed by atoms with Gasteiger partial charge in [0, 0.05) is 0 Å². The van der Waals surface area contributed by atoms with Crippen LogP contribution >= 0.6 is 0 Å². The van der Waals surface area contributed by atoms with Crippen LogP contribution in [0.15, 0.2) is 0 Å². The fourth-order valence-corrected chi connectivity index (χ4v) is 1.17. The van der Waals surface area contributed by atoms with Crippen molar-refractivity contribution in [2.75, 3.05) is 13.2 Å². The Bertz CT molecular complexity index is 202. The van der Waals surface area contributed by atoms with Gasteiger partial charge in [0.25, 0.3) is 5.91 Å². The van der Waals surface area contributed by atoms with Crippen LogP contribution in [0.5, 0.6) is 0 Å². The van der Waals surface area contributed by atoms with Crippen LogP contribution in [0.4, 0.5) is 13.2 Å². The maximum atomic E-state index is 11.6. The molecular weight excluding hydrogens is 201 g/mol. The molecule has 0 aliphatic carbocycles. The minimum absolute atomic E-state index is 0.428. The quantitative estimate of drug-likeness (QED) is 0.663. The predicted molar refractivity (Wildman–Crippen MR) is 41.2 cm³/mol. The number of hydrogen-bond donors (Lipinski definition) is 2. The number of rotatable bonds is 3. The van der Waals surface area contributed by atoms with E-state index in [0.29, 0.717) is 13.0 Å². The molecule has 1 fully saturated rings. The van der Waals surface area contributed by atoms with Crippen molar-refractivity contribution < 1.29 is 22.8 Å². The number of carbonyl (C=O) groups is 1. The van der Waals surface area contributed by atoms with Gasteiger partial charge in [-0.2, -0.15) is 13.2 Å². The number of amides is 1. The summed E-state index contributed by atoms with van der Waals surface area (Å²) in [5, 5.41) is 2.83. The van der Waals surface area contributed by atoms with Gasteiger partial charge in [-0.3, -0.25) is 9.63 Å². The van der Waals surface area contributed by atoms with Gasteiger partial charge < -0.3 is 5.32 Å². The molecule has 1 amide bonds. The summed E-state index contributed by atoms with van der Waals surface area (Å²) >= 11 is 0. The summed E-state index contributed by atoms with van der Waals surface area (Å²) in [5.41, 5.74) is 1.76. The first-order valence-corrected chi connectivity index (χ1v) is 4.21. The average Bonchev–Trinajstić information content (AvgIpc) is 2.53. The highest BCUT2D eigenvalue weighted by atomic mass is 19.4. The molecule has 1 aliphatic rings. The number of carbonyl (C=O) groups excluding carboxylic acids is 1. The van der Waals surface area contributed by atoms with Crippen molar-refractivity contribution >= 4 is 5.91 Å². The molecule has 4 nitrogen and oxygen atoms in total. The molecule has 1 saturated heterocycles. The zero-order valence-electron chi connectivity index (χ0n) is 7.36. The highest BCUT2D eigenvalue weighted by Crippen LogP contribution is 2.13. The second-order valence-electron chi connectivity index (χ2n) is 3.02. The highest BCUT2D eigenvalue weighted by Gasteiger charge is 2.29. The molecule has 1 atom stereocenters. The standard InChI is InChI=1S/C7H11F3N2O2/c8-7(9,10)4-14-12-6(13)5-2-1-3-11-5/h5,11H,1-4H2,(H,12,13)/t5-/m1/s1. The summed E-state index contributed by atoms with van der Waals surface area (Å²) < 4.78 is 34.8. The van der Waals surface area contributed by atoms with Crippen LogP contribution in [0, 0.1) is 0 Å². The molecule has 0 aromatic carbocycles. The van der Waals surface area contributed by atoms with E-state index in [1.807, 2.05) is 0 Å². The first kappa shape index (κ1) is 11.3. The molecule has 1 aliphatic heterocycles. The van der Waals surface area contributed by atoms with E-state index < -0.39 is 24.7 Å². The Morgan fingerprint density at radius 1 is 1.57 bits per heavy atom. The fourth-order valence-electron chi connectivity index (χ4n) is 1.17. The van der Waals surface area contributed by atoms with Crippen molar-refractivity contribution in [2.24, 2.45) is 0 Å². The lowest BCUT2D eigenvalue weighted by Crippen LogP contribution is -2.41. The molecule has 14 heavy (non-hydrogen) atoms. The van der Waals surface area contributed by atoms with Gasteiger partial charge in [0.1, 0.15) is 0 Å². The number of hydrogen-bond acceptors (Lipinski definition) is 3. The van der Waals surface area contributed by atoms with Crippen LogP contribution in [0.1, 0.15) is 12.8 Å². The van der Waals surface area contributed by atoms with Gasteiger partial charge in [0.05, 0.1) is 6.04 Å². The van der Waals surface area contributed by atoms with Crippen molar-refractivity contribution in [3.8, 4) is 0 Å². The summed E-state index contributed by atoms with van der Waals surface area (Å²) in [7, 11) is 0. The Balaban J connectivity index is 2.15. The topological polar surface area (TPSA) is 50.4 Å². The number of nitrogens with one attached hydrogen (secondary N) is 2. The van der Waals surface area contributed by atoms with Crippen molar-refractivity contribution in [2.45, 2.75) is 25.1 Å². The van der Waals surface area contributed by atoms with Crippen molar-refractivity contribution in [3.63, 3.8) is 0 Å². The molecule has 0 saturated carbocycles. The van der Waals surface area contributed by atoms with Crippen LogP contribution in [-0.4, -0.2) is 31.3 Å². The smallest absolute Gasteiger partial charge is 0.306 e. The van der Waals surface area contributed by atoms with E-state index >= 15 is 0 Å². The van der Waals surface area contributed by atoms with Crippen LogP contribution < -0.4 is 10.8 Å². The minimum Gasteiger partial charge on any atom is -0.306 e. The molecule has 0 bridgehead atoms. The molecule has 82 valence electrons. The maximum absolute atomic E-state index is 11.6. The normalized spacial score (nSPS) is 22.4. The van der Waals surface area contributed by atoms with Crippen LogP contribution in [-0.2, 0) is 9.63 Å².